The number of hydrogen-bond donors (Lipinski definition) is 2. The number of hydrogen-bond acceptors (Lipinski definition) is 7. The Morgan fingerprint density at radius 3 is 2.52 bits per heavy atom. The normalized spacial score (nSPS) is 25.9. The average Bonchev–Trinajstić information content (AvgIpc) is 3.01. The number of anilines is 3. The average molecular weight is 292 g/mol. The van der Waals surface area contributed by atoms with E-state index < -0.39 is 0 Å². The van der Waals surface area contributed by atoms with Crippen LogP contribution in [0.15, 0.2) is 0 Å². The van der Waals surface area contributed by atoms with E-state index in [0.29, 0.717) is 18.5 Å². The molecule has 0 radical (unpaired) electrons. The van der Waals surface area contributed by atoms with Crippen molar-refractivity contribution in [1.29, 1.82) is 0 Å². The largest absolute Gasteiger partial charge is 0.379 e. The smallest absolute Gasteiger partial charge is 0.231 e. The first-order valence-corrected chi connectivity index (χ1v) is 7.73. The lowest BCUT2D eigenvalue weighted by atomic mass is 9.95. The summed E-state index contributed by atoms with van der Waals surface area (Å²) in [5, 5.41) is 6.46. The molecule has 0 aromatic carbocycles. The fourth-order valence-electron chi connectivity index (χ4n) is 2.89. The van der Waals surface area contributed by atoms with Crippen molar-refractivity contribution in [3.05, 3.63) is 0 Å². The third-order valence-electron chi connectivity index (χ3n) is 4.09. The first-order valence-electron chi connectivity index (χ1n) is 7.73. The van der Waals surface area contributed by atoms with Gasteiger partial charge in [0.2, 0.25) is 17.8 Å². The maximum absolute atomic E-state index is 5.58. The predicted octanol–water partition coefficient (Wildman–Crippen LogP) is 1.49. The zero-order valence-electron chi connectivity index (χ0n) is 12.9. The first-order chi connectivity index (χ1) is 10.2. The van der Waals surface area contributed by atoms with Gasteiger partial charge in [-0.25, -0.2) is 0 Å². The van der Waals surface area contributed by atoms with E-state index in [0.717, 1.165) is 38.5 Å². The Kier molecular flexibility index (Phi) is 4.10. The molecule has 2 N–H and O–H groups in total. The summed E-state index contributed by atoms with van der Waals surface area (Å²) in [6.07, 6.45) is 4.53. The molecule has 0 spiro atoms. The molecule has 3 rings (SSSR count). The second kappa shape index (κ2) is 6.01. The quantitative estimate of drug-likeness (QED) is 0.871. The van der Waals surface area contributed by atoms with Crippen molar-refractivity contribution in [2.24, 2.45) is 0 Å². The molecule has 0 aliphatic carbocycles. The molecule has 1 atom stereocenters. The van der Waals surface area contributed by atoms with Gasteiger partial charge >= 0.3 is 0 Å². The van der Waals surface area contributed by atoms with Gasteiger partial charge in [-0.1, -0.05) is 0 Å². The SMILES string of the molecule is CNc1nc(NC2(C)CCCOC2)nc(N2CCCC2)n1. The van der Waals surface area contributed by atoms with Crippen LogP contribution in [0.1, 0.15) is 32.6 Å². The Balaban J connectivity index is 1.81. The second-order valence-corrected chi connectivity index (χ2v) is 6.07. The summed E-state index contributed by atoms with van der Waals surface area (Å²) >= 11 is 0. The second-order valence-electron chi connectivity index (χ2n) is 6.07. The Labute approximate surface area is 125 Å². The lowest BCUT2D eigenvalue weighted by Gasteiger charge is -2.34. The van der Waals surface area contributed by atoms with E-state index in [9.17, 15) is 0 Å². The monoisotopic (exact) mass is 292 g/mol. The van der Waals surface area contributed by atoms with Crippen LogP contribution in [-0.4, -0.2) is 53.8 Å². The summed E-state index contributed by atoms with van der Waals surface area (Å²) < 4.78 is 5.58. The summed E-state index contributed by atoms with van der Waals surface area (Å²) in [6, 6.07) is 0. The topological polar surface area (TPSA) is 75.2 Å². The molecule has 2 fully saturated rings. The first kappa shape index (κ1) is 14.3. The summed E-state index contributed by atoms with van der Waals surface area (Å²) in [4.78, 5) is 15.7. The highest BCUT2D eigenvalue weighted by atomic mass is 16.5. The number of ether oxygens (including phenoxy) is 1. The molecular formula is C14H24N6O. The molecular weight excluding hydrogens is 268 g/mol. The molecule has 0 bridgehead atoms. The van der Waals surface area contributed by atoms with Gasteiger partial charge in [-0.2, -0.15) is 15.0 Å². The van der Waals surface area contributed by atoms with Crippen molar-refractivity contribution >= 4 is 17.8 Å². The van der Waals surface area contributed by atoms with Crippen LogP contribution in [0.2, 0.25) is 0 Å². The lowest BCUT2D eigenvalue weighted by Crippen LogP contribution is -2.43. The molecule has 7 heteroatoms. The van der Waals surface area contributed by atoms with Gasteiger partial charge in [0.1, 0.15) is 0 Å². The van der Waals surface area contributed by atoms with Gasteiger partial charge in [-0.15, -0.1) is 0 Å². The van der Waals surface area contributed by atoms with Gasteiger partial charge in [-0.05, 0) is 32.6 Å². The van der Waals surface area contributed by atoms with Crippen molar-refractivity contribution < 1.29 is 4.74 Å². The Hall–Kier alpha value is -1.63. The van der Waals surface area contributed by atoms with E-state index in [1.165, 1.54) is 12.8 Å². The highest BCUT2D eigenvalue weighted by Gasteiger charge is 2.29. The van der Waals surface area contributed by atoms with Crippen LogP contribution in [-0.2, 0) is 4.74 Å². The van der Waals surface area contributed by atoms with Crippen LogP contribution in [0.25, 0.3) is 0 Å². The Morgan fingerprint density at radius 2 is 1.86 bits per heavy atom. The fourth-order valence-corrected chi connectivity index (χ4v) is 2.89. The summed E-state index contributed by atoms with van der Waals surface area (Å²) in [5.41, 5.74) is -0.104. The van der Waals surface area contributed by atoms with E-state index in [1.54, 1.807) is 0 Å². The molecule has 7 nitrogen and oxygen atoms in total. The van der Waals surface area contributed by atoms with Crippen LogP contribution in [0, 0.1) is 0 Å². The molecule has 0 saturated carbocycles. The zero-order chi connectivity index (χ0) is 14.7. The molecule has 116 valence electrons. The van der Waals surface area contributed by atoms with Crippen molar-refractivity contribution in [2.45, 2.75) is 38.1 Å². The third kappa shape index (κ3) is 3.34. The predicted molar refractivity (Wildman–Crippen MR) is 82.9 cm³/mol. The molecule has 1 aromatic heterocycles. The molecule has 21 heavy (non-hydrogen) atoms. The van der Waals surface area contributed by atoms with Gasteiger partial charge in [-0.3, -0.25) is 0 Å². The number of rotatable bonds is 4. The minimum Gasteiger partial charge on any atom is -0.379 e. The van der Waals surface area contributed by atoms with Gasteiger partial charge in [0.25, 0.3) is 0 Å². The highest BCUT2D eigenvalue weighted by molar-refractivity contribution is 5.45. The standard InChI is InChI=1S/C14H24N6O/c1-14(6-5-9-21-10-14)19-12-16-11(15-2)17-13(18-12)20-7-3-4-8-20/h3-10H2,1-2H3,(H2,15,16,17,18,19). The minimum atomic E-state index is -0.104. The molecule has 2 aliphatic rings. The summed E-state index contributed by atoms with van der Waals surface area (Å²) in [5.74, 6) is 1.99. The van der Waals surface area contributed by atoms with E-state index in [2.05, 4.69) is 37.4 Å². The fraction of sp³-hybridized carbons (Fsp3) is 0.786. The van der Waals surface area contributed by atoms with Crippen molar-refractivity contribution in [1.82, 2.24) is 15.0 Å². The molecule has 1 aromatic rings. The number of aromatic nitrogens is 3. The van der Waals surface area contributed by atoms with Crippen LogP contribution >= 0.6 is 0 Å². The summed E-state index contributed by atoms with van der Waals surface area (Å²) in [6.45, 7) is 5.73. The molecule has 3 heterocycles. The van der Waals surface area contributed by atoms with Crippen molar-refractivity contribution in [3.63, 3.8) is 0 Å². The summed E-state index contributed by atoms with van der Waals surface area (Å²) in [7, 11) is 1.83. The molecule has 0 amide bonds. The van der Waals surface area contributed by atoms with Gasteiger partial charge in [0, 0.05) is 26.7 Å². The van der Waals surface area contributed by atoms with E-state index >= 15 is 0 Å². The molecule has 1 unspecified atom stereocenters. The van der Waals surface area contributed by atoms with Gasteiger partial charge in [0.05, 0.1) is 12.1 Å². The van der Waals surface area contributed by atoms with E-state index in [4.69, 9.17) is 4.74 Å². The van der Waals surface area contributed by atoms with Crippen LogP contribution in [0.3, 0.4) is 0 Å². The maximum Gasteiger partial charge on any atom is 0.231 e. The van der Waals surface area contributed by atoms with Gasteiger partial charge in [0.15, 0.2) is 0 Å². The number of nitrogens with zero attached hydrogens (tertiary/aromatic N) is 4. The lowest BCUT2D eigenvalue weighted by molar-refractivity contribution is 0.0537. The van der Waals surface area contributed by atoms with Crippen LogP contribution < -0.4 is 15.5 Å². The number of nitrogens with one attached hydrogen (secondary N) is 2. The van der Waals surface area contributed by atoms with Crippen LogP contribution in [0.5, 0.6) is 0 Å². The Morgan fingerprint density at radius 1 is 1.10 bits per heavy atom. The maximum atomic E-state index is 5.58. The molecule has 2 saturated heterocycles. The third-order valence-corrected chi connectivity index (χ3v) is 4.09. The minimum absolute atomic E-state index is 0.104. The van der Waals surface area contributed by atoms with E-state index in [-0.39, 0.29) is 5.54 Å². The molecule has 2 aliphatic heterocycles. The zero-order valence-corrected chi connectivity index (χ0v) is 12.9. The van der Waals surface area contributed by atoms with Gasteiger partial charge < -0.3 is 20.3 Å². The highest BCUT2D eigenvalue weighted by Crippen LogP contribution is 2.24. The van der Waals surface area contributed by atoms with E-state index in [1.807, 2.05) is 7.05 Å². The van der Waals surface area contributed by atoms with Crippen molar-refractivity contribution in [3.8, 4) is 0 Å². The van der Waals surface area contributed by atoms with Crippen LogP contribution in [0.4, 0.5) is 17.8 Å². The Bertz CT molecular complexity index is 482. The van der Waals surface area contributed by atoms with Crippen molar-refractivity contribution in [2.75, 3.05) is 48.9 Å².